The summed E-state index contributed by atoms with van der Waals surface area (Å²) in [4.78, 5) is 7.68. The SMILES string of the molecule is C=C[C@H]1CN(Cc2ccccc2)CC[C@@]12C=CC(c1ccc(OC)cc1)=N2. The lowest BCUT2D eigenvalue weighted by molar-refractivity contribution is 0.142. The molecule has 1 spiro atoms. The molecule has 138 valence electrons. The quantitative estimate of drug-likeness (QED) is 0.735. The molecule has 0 N–H and O–H groups in total. The maximum absolute atomic E-state index is 5.26. The largest absolute Gasteiger partial charge is 0.497 e. The minimum absolute atomic E-state index is 0.149. The van der Waals surface area contributed by atoms with E-state index < -0.39 is 0 Å². The number of benzene rings is 2. The van der Waals surface area contributed by atoms with Crippen molar-refractivity contribution in [1.82, 2.24) is 4.90 Å². The fourth-order valence-corrected chi connectivity index (χ4v) is 4.10. The Morgan fingerprint density at radius 3 is 2.67 bits per heavy atom. The van der Waals surface area contributed by atoms with Gasteiger partial charge >= 0.3 is 0 Å². The van der Waals surface area contributed by atoms with Crippen LogP contribution in [0.15, 0.2) is 84.4 Å². The number of methoxy groups -OCH3 is 1. The van der Waals surface area contributed by atoms with Gasteiger partial charge in [-0.25, -0.2) is 0 Å². The molecule has 2 aliphatic rings. The summed E-state index contributed by atoms with van der Waals surface area (Å²) in [5, 5.41) is 0. The average molecular weight is 358 g/mol. The highest BCUT2D eigenvalue weighted by molar-refractivity contribution is 6.10. The molecule has 4 rings (SSSR count). The number of hydrogen-bond donors (Lipinski definition) is 0. The highest BCUT2D eigenvalue weighted by Gasteiger charge is 2.41. The summed E-state index contributed by atoms with van der Waals surface area (Å²) in [6.07, 6.45) is 7.57. The molecule has 2 aliphatic heterocycles. The number of nitrogens with zero attached hydrogens (tertiary/aromatic N) is 2. The van der Waals surface area contributed by atoms with Crippen LogP contribution in [0.25, 0.3) is 0 Å². The Morgan fingerprint density at radius 2 is 1.96 bits per heavy atom. The van der Waals surface area contributed by atoms with Gasteiger partial charge in [0.25, 0.3) is 0 Å². The lowest BCUT2D eigenvalue weighted by Gasteiger charge is -2.42. The lowest BCUT2D eigenvalue weighted by atomic mass is 9.78. The van der Waals surface area contributed by atoms with Crippen LogP contribution in [0, 0.1) is 5.92 Å². The van der Waals surface area contributed by atoms with E-state index in [-0.39, 0.29) is 5.54 Å². The topological polar surface area (TPSA) is 24.8 Å². The van der Waals surface area contributed by atoms with Crippen molar-refractivity contribution >= 4 is 5.71 Å². The fraction of sp³-hybridized carbons (Fsp3) is 0.292. The van der Waals surface area contributed by atoms with Crippen LogP contribution in [-0.2, 0) is 6.54 Å². The van der Waals surface area contributed by atoms with Gasteiger partial charge in [0.05, 0.1) is 18.4 Å². The van der Waals surface area contributed by atoms with Gasteiger partial charge in [0.1, 0.15) is 5.75 Å². The van der Waals surface area contributed by atoms with E-state index in [0.29, 0.717) is 5.92 Å². The number of hydrogen-bond acceptors (Lipinski definition) is 3. The summed E-state index contributed by atoms with van der Waals surface area (Å²) < 4.78 is 5.26. The summed E-state index contributed by atoms with van der Waals surface area (Å²) in [5.41, 5.74) is 3.41. The number of piperidine rings is 1. The second-order valence-corrected chi connectivity index (χ2v) is 7.36. The average Bonchev–Trinajstić information content (AvgIpc) is 3.15. The predicted molar refractivity (Wildman–Crippen MR) is 111 cm³/mol. The maximum Gasteiger partial charge on any atom is 0.118 e. The zero-order valence-electron chi connectivity index (χ0n) is 15.8. The van der Waals surface area contributed by atoms with E-state index in [1.54, 1.807) is 7.11 Å². The summed E-state index contributed by atoms with van der Waals surface area (Å²) in [6, 6.07) is 18.8. The van der Waals surface area contributed by atoms with Crippen molar-refractivity contribution in [3.8, 4) is 5.75 Å². The van der Waals surface area contributed by atoms with Gasteiger partial charge in [-0.15, -0.1) is 6.58 Å². The van der Waals surface area contributed by atoms with Gasteiger partial charge in [0.15, 0.2) is 0 Å². The predicted octanol–water partition coefficient (Wildman–Crippen LogP) is 4.50. The molecule has 0 amide bonds. The van der Waals surface area contributed by atoms with Crippen molar-refractivity contribution in [1.29, 1.82) is 0 Å². The number of ether oxygens (including phenoxy) is 1. The Hall–Kier alpha value is -2.65. The van der Waals surface area contributed by atoms with E-state index in [1.165, 1.54) is 5.56 Å². The third kappa shape index (κ3) is 3.60. The molecular weight excluding hydrogens is 332 g/mol. The summed E-state index contributed by atoms with van der Waals surface area (Å²) in [7, 11) is 1.69. The molecule has 0 unspecified atom stereocenters. The van der Waals surface area contributed by atoms with E-state index in [9.17, 15) is 0 Å². The normalized spacial score (nSPS) is 24.8. The van der Waals surface area contributed by atoms with Crippen LogP contribution < -0.4 is 4.74 Å². The van der Waals surface area contributed by atoms with Crippen molar-refractivity contribution < 1.29 is 4.74 Å². The van der Waals surface area contributed by atoms with Gasteiger partial charge in [-0.05, 0) is 47.9 Å². The first-order chi connectivity index (χ1) is 13.2. The smallest absolute Gasteiger partial charge is 0.118 e. The number of rotatable bonds is 5. The standard InChI is InChI=1S/C24H26N2O/c1-3-21-18-26(17-19-7-5-4-6-8-19)16-15-24(21)14-13-23(25-24)20-9-11-22(27-2)12-10-20/h3-14,21H,1,15-18H2,2H3/t21-,24-/m0/s1. The number of likely N-dealkylation sites (tertiary alicyclic amines) is 1. The van der Waals surface area contributed by atoms with E-state index in [1.807, 2.05) is 12.1 Å². The summed E-state index contributed by atoms with van der Waals surface area (Å²) in [6.45, 7) is 7.14. The van der Waals surface area contributed by atoms with Crippen LogP contribution >= 0.6 is 0 Å². The number of allylic oxidation sites excluding steroid dienone is 1. The minimum atomic E-state index is -0.149. The van der Waals surface area contributed by atoms with Gasteiger partial charge in [-0.2, -0.15) is 0 Å². The third-order valence-electron chi connectivity index (χ3n) is 5.70. The molecule has 2 atom stereocenters. The first-order valence-corrected chi connectivity index (χ1v) is 9.55. The highest BCUT2D eigenvalue weighted by atomic mass is 16.5. The Bertz CT molecular complexity index is 854. The van der Waals surface area contributed by atoms with Crippen LogP contribution in [0.4, 0.5) is 0 Å². The summed E-state index contributed by atoms with van der Waals surface area (Å²) in [5.74, 6) is 1.19. The first-order valence-electron chi connectivity index (χ1n) is 9.55. The molecule has 1 fully saturated rings. The Kier molecular flexibility index (Phi) is 4.95. The van der Waals surface area contributed by atoms with Crippen molar-refractivity contribution in [2.45, 2.75) is 18.5 Å². The Morgan fingerprint density at radius 1 is 1.19 bits per heavy atom. The highest BCUT2D eigenvalue weighted by Crippen LogP contribution is 2.38. The van der Waals surface area contributed by atoms with Gasteiger partial charge in [-0.1, -0.05) is 42.5 Å². The van der Waals surface area contributed by atoms with Gasteiger partial charge in [0.2, 0.25) is 0 Å². The monoisotopic (exact) mass is 358 g/mol. The lowest BCUT2D eigenvalue weighted by Crippen LogP contribution is -2.48. The molecule has 0 radical (unpaired) electrons. The summed E-state index contributed by atoms with van der Waals surface area (Å²) >= 11 is 0. The molecule has 1 saturated heterocycles. The zero-order chi connectivity index (χ0) is 18.7. The van der Waals surface area contributed by atoms with E-state index in [2.05, 4.69) is 72.2 Å². The molecule has 0 aromatic heterocycles. The molecule has 27 heavy (non-hydrogen) atoms. The van der Waals surface area contributed by atoms with Crippen molar-refractivity contribution in [2.75, 3.05) is 20.2 Å². The van der Waals surface area contributed by atoms with Crippen LogP contribution in [0.3, 0.4) is 0 Å². The molecule has 0 aliphatic carbocycles. The van der Waals surface area contributed by atoms with Crippen molar-refractivity contribution in [2.24, 2.45) is 10.9 Å². The number of aliphatic imine (C=N–C) groups is 1. The second kappa shape index (κ2) is 7.53. The molecule has 3 heteroatoms. The molecular formula is C24H26N2O. The van der Waals surface area contributed by atoms with Crippen LogP contribution in [0.2, 0.25) is 0 Å². The van der Waals surface area contributed by atoms with Crippen molar-refractivity contribution in [3.63, 3.8) is 0 Å². The Labute approximate surface area is 161 Å². The molecule has 2 aromatic rings. The van der Waals surface area contributed by atoms with E-state index in [4.69, 9.17) is 9.73 Å². The zero-order valence-corrected chi connectivity index (χ0v) is 15.8. The first kappa shape index (κ1) is 17.7. The van der Waals surface area contributed by atoms with E-state index in [0.717, 1.165) is 43.1 Å². The molecule has 3 nitrogen and oxygen atoms in total. The minimum Gasteiger partial charge on any atom is -0.497 e. The molecule has 2 heterocycles. The van der Waals surface area contributed by atoms with Crippen molar-refractivity contribution in [3.05, 3.63) is 90.5 Å². The van der Waals surface area contributed by atoms with Gasteiger partial charge < -0.3 is 4.74 Å². The molecule has 2 aromatic carbocycles. The van der Waals surface area contributed by atoms with E-state index >= 15 is 0 Å². The van der Waals surface area contributed by atoms with Gasteiger partial charge in [-0.3, -0.25) is 9.89 Å². The maximum atomic E-state index is 5.26. The Balaban J connectivity index is 1.51. The molecule has 0 saturated carbocycles. The van der Waals surface area contributed by atoms with Gasteiger partial charge in [0, 0.05) is 25.6 Å². The fourth-order valence-electron chi connectivity index (χ4n) is 4.10. The van der Waals surface area contributed by atoms with Crippen LogP contribution in [0.1, 0.15) is 17.5 Å². The third-order valence-corrected chi connectivity index (χ3v) is 5.70. The second-order valence-electron chi connectivity index (χ2n) is 7.36. The van der Waals surface area contributed by atoms with Crippen LogP contribution in [-0.4, -0.2) is 36.3 Å². The van der Waals surface area contributed by atoms with Crippen LogP contribution in [0.5, 0.6) is 5.75 Å². The molecule has 0 bridgehead atoms.